The summed E-state index contributed by atoms with van der Waals surface area (Å²) in [6.45, 7) is 2.01. The van der Waals surface area contributed by atoms with Gasteiger partial charge in [0.2, 0.25) is 0 Å². The van der Waals surface area contributed by atoms with E-state index in [-0.39, 0.29) is 36.6 Å². The first-order valence-corrected chi connectivity index (χ1v) is 10.5. The van der Waals surface area contributed by atoms with Crippen LogP contribution in [0.4, 0.5) is 27.6 Å². The van der Waals surface area contributed by atoms with Gasteiger partial charge in [0.15, 0.2) is 0 Å². The van der Waals surface area contributed by atoms with Gasteiger partial charge in [0.05, 0.1) is 10.9 Å². The number of thioether (sulfide) groups is 1. The SMILES string of the molecule is CSc1cc(NC(=O)c2c(C)c(C(C)(F)F)nn2C[C@H]2C[C@@H](C(F)(F)F)C2)ccn1. The molecule has 2 heterocycles. The van der Waals surface area contributed by atoms with Crippen molar-refractivity contribution in [2.75, 3.05) is 11.6 Å². The molecule has 3 rings (SSSR count). The van der Waals surface area contributed by atoms with E-state index in [0.29, 0.717) is 17.6 Å². The molecular weight excluding hydrogens is 427 g/mol. The Labute approximate surface area is 174 Å². The zero-order valence-electron chi connectivity index (χ0n) is 16.6. The summed E-state index contributed by atoms with van der Waals surface area (Å²) in [5.41, 5.74) is -0.202. The average Bonchev–Trinajstić information content (AvgIpc) is 2.93. The average molecular weight is 448 g/mol. The van der Waals surface area contributed by atoms with Gasteiger partial charge in [-0.15, -0.1) is 11.8 Å². The summed E-state index contributed by atoms with van der Waals surface area (Å²) in [4.78, 5) is 17.0. The Morgan fingerprint density at radius 2 is 1.97 bits per heavy atom. The molecule has 11 heteroatoms. The molecule has 0 atom stereocenters. The molecule has 1 aliphatic rings. The second kappa shape index (κ2) is 8.16. The van der Waals surface area contributed by atoms with Crippen molar-refractivity contribution in [2.24, 2.45) is 11.8 Å². The Morgan fingerprint density at radius 3 is 2.53 bits per heavy atom. The quantitative estimate of drug-likeness (QED) is 0.484. The predicted molar refractivity (Wildman–Crippen MR) is 103 cm³/mol. The van der Waals surface area contributed by atoms with Crippen LogP contribution in [0, 0.1) is 18.8 Å². The Bertz CT molecular complexity index is 932. The first-order valence-electron chi connectivity index (χ1n) is 9.24. The van der Waals surface area contributed by atoms with Crippen LogP contribution in [0.15, 0.2) is 23.4 Å². The molecule has 0 aliphatic heterocycles. The van der Waals surface area contributed by atoms with Crippen LogP contribution in [0.2, 0.25) is 0 Å². The number of carbonyl (C=O) groups is 1. The maximum absolute atomic E-state index is 14.0. The topological polar surface area (TPSA) is 59.8 Å². The predicted octanol–water partition coefficient (Wildman–Crippen LogP) is 5.26. The lowest BCUT2D eigenvalue weighted by atomic mass is 9.74. The molecule has 1 saturated carbocycles. The fourth-order valence-electron chi connectivity index (χ4n) is 3.57. The molecule has 1 amide bonds. The molecule has 2 aromatic heterocycles. The third-order valence-corrected chi connectivity index (χ3v) is 5.79. The van der Waals surface area contributed by atoms with Gasteiger partial charge in [-0.25, -0.2) is 4.98 Å². The van der Waals surface area contributed by atoms with Crippen LogP contribution in [-0.2, 0) is 12.5 Å². The highest BCUT2D eigenvalue weighted by atomic mass is 32.2. The second-order valence-corrected chi connectivity index (χ2v) is 8.34. The number of amides is 1. The minimum atomic E-state index is -4.27. The molecule has 0 bridgehead atoms. The van der Waals surface area contributed by atoms with E-state index in [2.05, 4.69) is 15.4 Å². The summed E-state index contributed by atoms with van der Waals surface area (Å²) in [6, 6.07) is 3.19. The number of anilines is 1. The molecule has 0 unspecified atom stereocenters. The van der Waals surface area contributed by atoms with Crippen molar-refractivity contribution in [3.8, 4) is 0 Å². The zero-order valence-corrected chi connectivity index (χ0v) is 17.4. The number of rotatable bonds is 6. The van der Waals surface area contributed by atoms with Crippen LogP contribution >= 0.6 is 11.8 Å². The number of carbonyl (C=O) groups excluding carboxylic acids is 1. The van der Waals surface area contributed by atoms with Crippen LogP contribution < -0.4 is 5.32 Å². The van der Waals surface area contributed by atoms with Crippen molar-refractivity contribution in [1.82, 2.24) is 14.8 Å². The molecule has 0 saturated heterocycles. The number of alkyl halides is 5. The maximum atomic E-state index is 14.0. The number of hydrogen-bond acceptors (Lipinski definition) is 4. The molecule has 30 heavy (non-hydrogen) atoms. The van der Waals surface area contributed by atoms with E-state index in [4.69, 9.17) is 0 Å². The first kappa shape index (κ1) is 22.5. The highest BCUT2D eigenvalue weighted by Gasteiger charge is 2.48. The van der Waals surface area contributed by atoms with E-state index in [0.717, 1.165) is 4.68 Å². The fraction of sp³-hybridized carbons (Fsp3) is 0.526. The number of aromatic nitrogens is 3. The first-order chi connectivity index (χ1) is 13.9. The lowest BCUT2D eigenvalue weighted by Crippen LogP contribution is -2.38. The van der Waals surface area contributed by atoms with Gasteiger partial charge in [-0.1, -0.05) is 0 Å². The number of halogens is 5. The maximum Gasteiger partial charge on any atom is 0.391 e. The van der Waals surface area contributed by atoms with Gasteiger partial charge in [-0.3, -0.25) is 9.48 Å². The van der Waals surface area contributed by atoms with Gasteiger partial charge >= 0.3 is 6.18 Å². The van der Waals surface area contributed by atoms with E-state index in [1.54, 1.807) is 12.1 Å². The van der Waals surface area contributed by atoms with Gasteiger partial charge in [0, 0.05) is 30.9 Å². The highest BCUT2D eigenvalue weighted by Crippen LogP contribution is 2.45. The normalized spacial score (nSPS) is 19.5. The van der Waals surface area contributed by atoms with Crippen molar-refractivity contribution < 1.29 is 26.7 Å². The number of nitrogens with one attached hydrogen (secondary N) is 1. The summed E-state index contributed by atoms with van der Waals surface area (Å²) >= 11 is 1.37. The van der Waals surface area contributed by atoms with Gasteiger partial charge in [0.1, 0.15) is 11.4 Å². The largest absolute Gasteiger partial charge is 0.391 e. The van der Waals surface area contributed by atoms with Gasteiger partial charge < -0.3 is 5.32 Å². The van der Waals surface area contributed by atoms with Crippen molar-refractivity contribution in [2.45, 2.75) is 50.4 Å². The van der Waals surface area contributed by atoms with Crippen LogP contribution in [0.25, 0.3) is 0 Å². The lowest BCUT2D eigenvalue weighted by Gasteiger charge is -2.36. The molecule has 0 spiro atoms. The Hall–Kier alpha value is -2.17. The van der Waals surface area contributed by atoms with Crippen LogP contribution in [-0.4, -0.2) is 33.1 Å². The number of hydrogen-bond donors (Lipinski definition) is 1. The second-order valence-electron chi connectivity index (χ2n) is 7.51. The zero-order chi connectivity index (χ0) is 22.3. The Morgan fingerprint density at radius 1 is 1.30 bits per heavy atom. The van der Waals surface area contributed by atoms with Crippen LogP contribution in [0.1, 0.15) is 41.5 Å². The molecule has 1 aliphatic carbocycles. The van der Waals surface area contributed by atoms with Crippen molar-refractivity contribution in [3.05, 3.63) is 35.3 Å². The third-order valence-electron chi connectivity index (χ3n) is 5.15. The third kappa shape index (κ3) is 4.76. The fourth-order valence-corrected chi connectivity index (χ4v) is 3.98. The van der Waals surface area contributed by atoms with E-state index < -0.39 is 29.6 Å². The minimum Gasteiger partial charge on any atom is -0.321 e. The van der Waals surface area contributed by atoms with Gasteiger partial charge in [-0.2, -0.15) is 27.1 Å². The number of pyridine rings is 1. The molecule has 5 nitrogen and oxygen atoms in total. The molecule has 1 N–H and O–H groups in total. The van der Waals surface area contributed by atoms with Gasteiger partial charge in [-0.05, 0) is 44.1 Å². The minimum absolute atomic E-state index is 0.00541. The molecular formula is C19H21F5N4OS. The summed E-state index contributed by atoms with van der Waals surface area (Å²) in [7, 11) is 0. The molecule has 164 valence electrons. The monoisotopic (exact) mass is 448 g/mol. The molecule has 2 aromatic rings. The number of nitrogens with zero attached hydrogens (tertiary/aromatic N) is 3. The van der Waals surface area contributed by atoms with E-state index >= 15 is 0 Å². The molecule has 1 fully saturated rings. The highest BCUT2D eigenvalue weighted by molar-refractivity contribution is 7.98. The lowest BCUT2D eigenvalue weighted by molar-refractivity contribution is -0.205. The van der Waals surface area contributed by atoms with E-state index in [1.807, 2.05) is 6.26 Å². The molecule has 0 aromatic carbocycles. The van der Waals surface area contributed by atoms with Crippen molar-refractivity contribution in [1.29, 1.82) is 0 Å². The van der Waals surface area contributed by atoms with Gasteiger partial charge in [0.25, 0.3) is 11.8 Å². The van der Waals surface area contributed by atoms with Crippen LogP contribution in [0.3, 0.4) is 0 Å². The summed E-state index contributed by atoms with van der Waals surface area (Å²) < 4.78 is 67.3. The van der Waals surface area contributed by atoms with E-state index in [1.165, 1.54) is 24.9 Å². The Kier molecular flexibility index (Phi) is 6.13. The smallest absolute Gasteiger partial charge is 0.321 e. The molecule has 0 radical (unpaired) electrons. The summed E-state index contributed by atoms with van der Waals surface area (Å²) in [5.74, 6) is -5.73. The van der Waals surface area contributed by atoms with Crippen molar-refractivity contribution >= 4 is 23.4 Å². The standard InChI is InChI=1S/C19H21F5N4OS/c1-10-15(17(29)26-13-4-5-25-14(8-13)30-3)28(27-16(10)18(2,20)21)9-11-6-12(7-11)19(22,23)24/h4-5,8,11-12H,6-7,9H2,1-3H3,(H,25,26,29)/t11-,12+. The summed E-state index contributed by atoms with van der Waals surface area (Å²) in [6.07, 6.45) is -1.17. The van der Waals surface area contributed by atoms with Crippen molar-refractivity contribution in [3.63, 3.8) is 0 Å². The Balaban J connectivity index is 1.86. The van der Waals surface area contributed by atoms with Crippen LogP contribution in [0.5, 0.6) is 0 Å². The summed E-state index contributed by atoms with van der Waals surface area (Å²) in [5, 5.41) is 7.20. The van der Waals surface area contributed by atoms with E-state index in [9.17, 15) is 26.7 Å².